The molecule has 4 amide bonds. The Kier molecular flexibility index (Phi) is 7.78. The second-order valence-electron chi connectivity index (χ2n) is 11.8. The van der Waals surface area contributed by atoms with Crippen LogP contribution in [0.4, 0.5) is 27.6 Å². The number of imide groups is 2. The number of amides is 4. The number of fused-ring (bicyclic) bond motifs is 4. The van der Waals surface area contributed by atoms with Gasteiger partial charge in [0.05, 0.1) is 26.1 Å². The Morgan fingerprint density at radius 2 is 1.43 bits per heavy atom. The smallest absolute Gasteiger partial charge is 0.258 e. The van der Waals surface area contributed by atoms with Crippen LogP contribution in [0.25, 0.3) is 0 Å². The number of hydrogen-bond donors (Lipinski definition) is 1. The van der Waals surface area contributed by atoms with Crippen LogP contribution in [0.15, 0.2) is 23.8 Å². The van der Waals surface area contributed by atoms with Crippen molar-refractivity contribution in [1.82, 2.24) is 4.90 Å². The second kappa shape index (κ2) is 11.1. The number of anilines is 1. The van der Waals surface area contributed by atoms with Gasteiger partial charge in [0.1, 0.15) is 22.9 Å². The van der Waals surface area contributed by atoms with Crippen molar-refractivity contribution in [2.45, 2.75) is 41.9 Å². The van der Waals surface area contributed by atoms with Crippen LogP contribution < -0.4 is 14.4 Å². The molecule has 0 radical (unpaired) electrons. The molecule has 2 aromatic carbocycles. The van der Waals surface area contributed by atoms with E-state index in [2.05, 4.69) is 0 Å². The summed E-state index contributed by atoms with van der Waals surface area (Å²) in [6.07, 6.45) is 1.36. The highest BCUT2D eigenvalue weighted by molar-refractivity contribution is 6.58. The summed E-state index contributed by atoms with van der Waals surface area (Å²) in [6.45, 7) is 1.87. The zero-order valence-corrected chi connectivity index (χ0v) is 26.3. The Morgan fingerprint density at radius 3 is 1.96 bits per heavy atom. The predicted octanol–water partition coefficient (Wildman–Crippen LogP) is 5.08. The minimum absolute atomic E-state index is 0.00769. The van der Waals surface area contributed by atoms with Crippen molar-refractivity contribution in [3.05, 3.63) is 58.4 Å². The second-order valence-corrected chi connectivity index (χ2v) is 13.0. The molecule has 2 saturated heterocycles. The van der Waals surface area contributed by atoms with Crippen LogP contribution in [-0.2, 0) is 19.2 Å². The van der Waals surface area contributed by atoms with Crippen LogP contribution in [0, 0.1) is 46.8 Å². The third-order valence-corrected chi connectivity index (χ3v) is 11.0. The van der Waals surface area contributed by atoms with Crippen LogP contribution in [0.1, 0.15) is 37.7 Å². The number of methoxy groups -OCH3 is 2. The highest BCUT2D eigenvalue weighted by Gasteiger charge is 2.77. The molecule has 3 fully saturated rings. The molecule has 16 heteroatoms. The number of likely N-dealkylation sites (tertiary alicyclic amines) is 1. The quantitative estimate of drug-likeness (QED) is 0.112. The number of aromatic hydroxyl groups is 1. The number of phenols is 1. The zero-order valence-electron chi connectivity index (χ0n) is 24.8. The molecule has 47 heavy (non-hydrogen) atoms. The van der Waals surface area contributed by atoms with Crippen molar-refractivity contribution in [2.24, 2.45) is 17.8 Å². The lowest BCUT2D eigenvalue weighted by Gasteiger charge is -2.51. The van der Waals surface area contributed by atoms with E-state index in [9.17, 15) is 37.5 Å². The highest BCUT2D eigenvalue weighted by Crippen LogP contribution is 2.67. The molecule has 9 nitrogen and oxygen atoms in total. The minimum atomic E-state index is -2.77. The summed E-state index contributed by atoms with van der Waals surface area (Å²) in [6, 6.07) is 2.25. The van der Waals surface area contributed by atoms with E-state index in [-0.39, 0.29) is 46.3 Å². The fourth-order valence-electron chi connectivity index (χ4n) is 7.60. The monoisotopic (exact) mass is 702 g/mol. The average molecular weight is 703 g/mol. The molecule has 4 aliphatic rings. The molecule has 2 aliphatic carbocycles. The molecule has 1 N–H and O–H groups in total. The lowest BCUT2D eigenvalue weighted by atomic mass is 9.56. The number of benzene rings is 2. The Morgan fingerprint density at radius 1 is 0.872 bits per heavy atom. The van der Waals surface area contributed by atoms with E-state index in [0.717, 1.165) is 17.0 Å². The van der Waals surface area contributed by atoms with Crippen molar-refractivity contribution in [3.8, 4) is 17.2 Å². The molecule has 6 atom stereocenters. The van der Waals surface area contributed by atoms with Crippen LogP contribution >= 0.6 is 23.2 Å². The van der Waals surface area contributed by atoms with E-state index in [4.69, 9.17) is 32.7 Å². The molecule has 1 saturated carbocycles. The minimum Gasteiger partial charge on any atom is -0.508 e. The van der Waals surface area contributed by atoms with Crippen LogP contribution in [-0.4, -0.2) is 64.1 Å². The first kappa shape index (κ1) is 33.0. The number of halogens is 7. The van der Waals surface area contributed by atoms with Gasteiger partial charge in [-0.25, -0.2) is 26.9 Å². The van der Waals surface area contributed by atoms with Crippen molar-refractivity contribution in [1.29, 1.82) is 0 Å². The summed E-state index contributed by atoms with van der Waals surface area (Å²) < 4.78 is 84.2. The highest BCUT2D eigenvalue weighted by atomic mass is 35.5. The van der Waals surface area contributed by atoms with Gasteiger partial charge >= 0.3 is 0 Å². The SMILES string of the molecule is CCCN1C(=O)[C@H]2[C@H](CC=C3[C@H]2C[C@@]2(Cl)C(=O)N(c4c(F)c(F)c(F)c(F)c4F)C(=O)[C@@]2(Cl)[C@H]3c2c(OC)cc(O)cc2OC)C1=O. The average Bonchev–Trinajstić information content (AvgIpc) is 3.37. The van der Waals surface area contributed by atoms with Crippen LogP contribution in [0.5, 0.6) is 17.2 Å². The zero-order chi connectivity index (χ0) is 34.5. The number of carbonyl (C=O) groups is 4. The van der Waals surface area contributed by atoms with Gasteiger partial charge in [0.2, 0.25) is 17.6 Å². The lowest BCUT2D eigenvalue weighted by molar-refractivity contribution is -0.140. The number of nitrogens with zero attached hydrogens (tertiary/aromatic N) is 2. The van der Waals surface area contributed by atoms with Crippen LogP contribution in [0.2, 0.25) is 0 Å². The van der Waals surface area contributed by atoms with E-state index >= 15 is 8.78 Å². The number of hydrogen-bond acceptors (Lipinski definition) is 7. The summed E-state index contributed by atoms with van der Waals surface area (Å²) in [5.41, 5.74) is -1.74. The third kappa shape index (κ3) is 4.12. The van der Waals surface area contributed by atoms with E-state index in [0.29, 0.717) is 6.42 Å². The first-order valence-corrected chi connectivity index (χ1v) is 15.2. The maximum atomic E-state index is 15.2. The van der Waals surface area contributed by atoms with E-state index in [1.54, 1.807) is 13.0 Å². The van der Waals surface area contributed by atoms with Gasteiger partial charge in [0.15, 0.2) is 33.0 Å². The van der Waals surface area contributed by atoms with E-state index < -0.39 is 98.2 Å². The molecule has 2 heterocycles. The van der Waals surface area contributed by atoms with Gasteiger partial charge in [-0.3, -0.25) is 24.1 Å². The summed E-state index contributed by atoms with van der Waals surface area (Å²) >= 11 is 14.3. The summed E-state index contributed by atoms with van der Waals surface area (Å²) in [7, 11) is 2.39. The Hall–Kier alpha value is -3.91. The number of rotatable bonds is 6. The fourth-order valence-corrected chi connectivity index (χ4v) is 8.52. The molecule has 0 bridgehead atoms. The van der Waals surface area contributed by atoms with Crippen LogP contribution in [0.3, 0.4) is 0 Å². The van der Waals surface area contributed by atoms with Gasteiger partial charge in [-0.05, 0) is 25.2 Å². The standard InChI is InChI=1S/C31H25Cl2F5N2O7/c1-4-7-39-26(42)13-6-5-12-14(17(13)27(39)43)10-30(32)28(44)40(25-23(37)21(35)20(34)22(36)24(25)38)29(45)31(30,33)19(12)18-15(46-2)8-11(41)9-16(18)47-3/h5,8-9,13-14,17,19,41H,4,6-7,10H2,1-3H3/t13-,14+,17-,19+,30+,31-/m0/s1. The Balaban J connectivity index is 1.65. The molecular formula is C31H25Cl2F5N2O7. The first-order valence-electron chi connectivity index (χ1n) is 14.4. The number of alkyl halides is 2. The predicted molar refractivity (Wildman–Crippen MR) is 155 cm³/mol. The Bertz CT molecular complexity index is 1770. The van der Waals surface area contributed by atoms with Crippen molar-refractivity contribution >= 4 is 52.5 Å². The van der Waals surface area contributed by atoms with Gasteiger partial charge in [0.25, 0.3) is 11.8 Å². The molecule has 6 rings (SSSR count). The number of carbonyl (C=O) groups excluding carboxylic acids is 4. The normalized spacial score (nSPS) is 30.0. The molecule has 0 spiro atoms. The topological polar surface area (TPSA) is 113 Å². The summed E-state index contributed by atoms with van der Waals surface area (Å²) in [5.74, 6) is -22.0. The first-order chi connectivity index (χ1) is 22.1. The number of allylic oxidation sites excluding steroid dienone is 2. The van der Waals surface area contributed by atoms with Gasteiger partial charge < -0.3 is 14.6 Å². The number of ether oxygens (including phenoxy) is 2. The Labute approximate surface area is 273 Å². The van der Waals surface area contributed by atoms with Gasteiger partial charge in [-0.2, -0.15) is 0 Å². The molecule has 2 aromatic rings. The molecular weight excluding hydrogens is 678 g/mol. The van der Waals surface area contributed by atoms with Crippen molar-refractivity contribution < 1.29 is 55.7 Å². The van der Waals surface area contributed by atoms with Gasteiger partial charge in [-0.1, -0.05) is 18.6 Å². The molecule has 0 aromatic heterocycles. The molecule has 250 valence electrons. The lowest BCUT2D eigenvalue weighted by Crippen LogP contribution is -2.60. The van der Waals surface area contributed by atoms with Gasteiger partial charge in [-0.15, -0.1) is 23.2 Å². The van der Waals surface area contributed by atoms with E-state index in [1.807, 2.05) is 0 Å². The summed E-state index contributed by atoms with van der Waals surface area (Å²) in [4.78, 5) is 51.1. The van der Waals surface area contributed by atoms with E-state index in [1.165, 1.54) is 14.2 Å². The fraction of sp³-hybridized carbons (Fsp3) is 0.419. The summed E-state index contributed by atoms with van der Waals surface area (Å²) in [5, 5.41) is 10.4. The van der Waals surface area contributed by atoms with Crippen molar-refractivity contribution in [2.75, 3.05) is 25.7 Å². The van der Waals surface area contributed by atoms with Crippen molar-refractivity contribution in [3.63, 3.8) is 0 Å². The van der Waals surface area contributed by atoms with Gasteiger partial charge in [0, 0.05) is 30.2 Å². The maximum Gasteiger partial charge on any atom is 0.258 e. The molecule has 0 unspecified atom stereocenters. The maximum absolute atomic E-state index is 15.2. The largest absolute Gasteiger partial charge is 0.508 e. The number of phenolic OH excluding ortho intramolecular Hbond substituents is 1. The third-order valence-electron chi connectivity index (χ3n) is 9.58. The molecule has 2 aliphatic heterocycles.